The third-order valence-corrected chi connectivity index (χ3v) is 2.27. The molecule has 0 aliphatic carbocycles. The zero-order valence-corrected chi connectivity index (χ0v) is 10.3. The lowest BCUT2D eigenvalue weighted by Gasteiger charge is -1.79. The van der Waals surface area contributed by atoms with Gasteiger partial charge in [-0.15, -0.1) is 0 Å². The highest BCUT2D eigenvalue weighted by Gasteiger charge is 1.95. The molecule has 1 aromatic heterocycles. The summed E-state index contributed by atoms with van der Waals surface area (Å²) >= 11 is 0. The lowest BCUT2D eigenvalue weighted by Crippen LogP contribution is -2.37. The molecule has 0 aliphatic rings. The molecule has 1 rings (SSSR count). The molecule has 1 aromatic rings. The van der Waals surface area contributed by atoms with Gasteiger partial charge in [-0.25, -0.2) is 0 Å². The van der Waals surface area contributed by atoms with E-state index in [1.807, 2.05) is 18.2 Å². The zero-order chi connectivity index (χ0) is 12.7. The number of allylic oxidation sites excluding steroid dienone is 3. The normalized spacial score (nSPS) is 15.4. The largest absolute Gasteiger partial charge is 0.456 e. The van der Waals surface area contributed by atoms with Crippen LogP contribution in [0, 0.1) is 0 Å². The molecule has 0 saturated carbocycles. The molecule has 0 fully saturated rings. The average molecular weight is 226 g/mol. The first-order valence-electron chi connectivity index (χ1n) is 5.65. The Morgan fingerprint density at radius 3 is 1.88 bits per heavy atom. The highest BCUT2D eigenvalue weighted by Crippen LogP contribution is 1.74. The molecule has 0 aromatic carbocycles. The summed E-state index contributed by atoms with van der Waals surface area (Å²) in [7, 11) is 0. The van der Waals surface area contributed by atoms with E-state index >= 15 is 0 Å². The van der Waals surface area contributed by atoms with Gasteiger partial charge in [-0.05, 0) is 18.6 Å². The van der Waals surface area contributed by atoms with Crippen molar-refractivity contribution in [3.8, 4) is 0 Å². The Labute approximate surface area is 102 Å². The predicted octanol–water partition coefficient (Wildman–Crippen LogP) is 1.37. The van der Waals surface area contributed by atoms with Crippen molar-refractivity contribution in [3.05, 3.63) is 59.2 Å². The van der Waals surface area contributed by atoms with Crippen LogP contribution in [0.4, 0.5) is 0 Å². The van der Waals surface area contributed by atoms with Crippen molar-refractivity contribution < 1.29 is 4.42 Å². The minimum atomic E-state index is 0.799. The zero-order valence-electron chi connectivity index (χ0n) is 10.3. The monoisotopic (exact) mass is 226 g/mol. The van der Waals surface area contributed by atoms with E-state index in [9.17, 15) is 0 Å². The van der Waals surface area contributed by atoms with Crippen LogP contribution in [0.3, 0.4) is 0 Å². The van der Waals surface area contributed by atoms with Crippen LogP contribution in [0.1, 0.15) is 13.3 Å². The van der Waals surface area contributed by atoms with E-state index in [4.69, 9.17) is 4.42 Å². The maximum Gasteiger partial charge on any atom is 0.135 e. The smallest absolute Gasteiger partial charge is 0.135 e. The van der Waals surface area contributed by atoms with E-state index in [1.54, 1.807) is 18.2 Å². The summed E-state index contributed by atoms with van der Waals surface area (Å²) in [5, 5.41) is 2.12. The molecule has 0 N–H and O–H groups in total. The molecule has 0 amide bonds. The third kappa shape index (κ3) is 2.97. The highest BCUT2D eigenvalue weighted by molar-refractivity contribution is 5.44. The van der Waals surface area contributed by atoms with Gasteiger partial charge in [0.15, 0.2) is 0 Å². The lowest BCUT2D eigenvalue weighted by molar-refractivity contribution is 0.498. The van der Waals surface area contributed by atoms with Gasteiger partial charge in [0.25, 0.3) is 0 Å². The van der Waals surface area contributed by atoms with Gasteiger partial charge in [0, 0.05) is 10.4 Å². The minimum absolute atomic E-state index is 0.799. The maximum absolute atomic E-state index is 5.77. The Morgan fingerprint density at radius 1 is 0.882 bits per heavy atom. The molecule has 0 unspecified atom stereocenters. The molecule has 0 radical (unpaired) electrons. The van der Waals surface area contributed by atoms with Gasteiger partial charge < -0.3 is 4.42 Å². The van der Waals surface area contributed by atoms with Gasteiger partial charge in [0.1, 0.15) is 10.8 Å². The Bertz CT molecular complexity index is 639. The minimum Gasteiger partial charge on any atom is -0.456 e. The van der Waals surface area contributed by atoms with Gasteiger partial charge in [-0.2, -0.15) is 0 Å². The van der Waals surface area contributed by atoms with Crippen molar-refractivity contribution >= 4 is 24.3 Å². The topological polar surface area (TPSA) is 13.1 Å². The molecule has 0 bridgehead atoms. The second-order valence-electron chi connectivity index (χ2n) is 3.48. The van der Waals surface area contributed by atoms with E-state index in [-0.39, 0.29) is 0 Å². The van der Waals surface area contributed by atoms with Crippen LogP contribution in [0.15, 0.2) is 42.4 Å². The van der Waals surface area contributed by atoms with Crippen molar-refractivity contribution in [2.45, 2.75) is 13.3 Å². The molecule has 1 heteroatoms. The Balaban J connectivity index is 3.95. The first-order valence-corrected chi connectivity index (χ1v) is 5.65. The quantitative estimate of drug-likeness (QED) is 0.756. The summed E-state index contributed by atoms with van der Waals surface area (Å²) < 4.78 is 5.77. The maximum atomic E-state index is 5.77. The van der Waals surface area contributed by atoms with Crippen LogP contribution in [0.25, 0.3) is 24.3 Å². The van der Waals surface area contributed by atoms with E-state index in [0.717, 1.165) is 27.7 Å². The summed E-state index contributed by atoms with van der Waals surface area (Å²) in [5.41, 5.74) is 1.62. The number of hydrogen-bond donors (Lipinski definition) is 0. The Morgan fingerprint density at radius 2 is 1.41 bits per heavy atom. The summed E-state index contributed by atoms with van der Waals surface area (Å²) in [6.07, 6.45) is 13.9. The van der Waals surface area contributed by atoms with Gasteiger partial charge in [-0.1, -0.05) is 57.0 Å². The van der Waals surface area contributed by atoms with Crippen molar-refractivity contribution in [1.82, 2.24) is 0 Å². The first-order chi connectivity index (χ1) is 8.28. The molecule has 88 valence electrons. The van der Waals surface area contributed by atoms with E-state index in [1.165, 1.54) is 0 Å². The standard InChI is InChI=1S/C16H18O/c1-5-9-13-14(10-6-2)16(12-8-4)17-15(13)11-7-3/h5,7-12H,1,3-4,6H2,2H3/b13-9-,14-10?,15-11+,16-12+. The van der Waals surface area contributed by atoms with E-state index in [0.29, 0.717) is 0 Å². The molecule has 0 aliphatic heterocycles. The van der Waals surface area contributed by atoms with Crippen molar-refractivity contribution in [1.29, 1.82) is 0 Å². The Hall–Kier alpha value is -2.02. The van der Waals surface area contributed by atoms with Crippen LogP contribution in [0.2, 0.25) is 0 Å². The summed E-state index contributed by atoms with van der Waals surface area (Å²) in [6, 6.07) is 0. The predicted molar refractivity (Wildman–Crippen MR) is 76.0 cm³/mol. The fourth-order valence-corrected chi connectivity index (χ4v) is 1.66. The number of hydrogen-bond acceptors (Lipinski definition) is 1. The molecular formula is C16H18O. The lowest BCUT2D eigenvalue weighted by atomic mass is 10.2. The molecule has 1 heterocycles. The molecule has 0 saturated heterocycles. The molecule has 17 heavy (non-hydrogen) atoms. The highest BCUT2D eigenvalue weighted by atomic mass is 16.3. The van der Waals surface area contributed by atoms with Gasteiger partial charge in [0.2, 0.25) is 0 Å². The van der Waals surface area contributed by atoms with Gasteiger partial charge in [-0.3, -0.25) is 0 Å². The second-order valence-corrected chi connectivity index (χ2v) is 3.48. The van der Waals surface area contributed by atoms with Crippen molar-refractivity contribution in [2.24, 2.45) is 0 Å². The summed E-state index contributed by atoms with van der Waals surface area (Å²) in [5.74, 6) is 0. The fraction of sp³-hybridized carbons (Fsp3) is 0.125. The van der Waals surface area contributed by atoms with Crippen molar-refractivity contribution in [3.63, 3.8) is 0 Å². The van der Waals surface area contributed by atoms with Crippen LogP contribution >= 0.6 is 0 Å². The third-order valence-electron chi connectivity index (χ3n) is 2.27. The molecule has 0 spiro atoms. The summed E-state index contributed by atoms with van der Waals surface area (Å²) in [6.45, 7) is 13.2. The van der Waals surface area contributed by atoms with Gasteiger partial charge >= 0.3 is 0 Å². The molecule has 0 atom stereocenters. The molecular weight excluding hydrogens is 208 g/mol. The van der Waals surface area contributed by atoms with Gasteiger partial charge in [0.05, 0.1) is 0 Å². The van der Waals surface area contributed by atoms with Crippen LogP contribution < -0.4 is 21.3 Å². The second kappa shape index (κ2) is 6.54. The number of rotatable bonds is 4. The van der Waals surface area contributed by atoms with Crippen molar-refractivity contribution in [2.75, 3.05) is 0 Å². The van der Waals surface area contributed by atoms with Crippen LogP contribution in [0.5, 0.6) is 0 Å². The Kier molecular flexibility index (Phi) is 5.02. The summed E-state index contributed by atoms with van der Waals surface area (Å²) in [4.78, 5) is 0. The SMILES string of the molecule is C=C/C=c1/c(=CCC)/c(=C\C=C)o/c1=C/C=C. The van der Waals surface area contributed by atoms with E-state index in [2.05, 4.69) is 32.7 Å². The van der Waals surface area contributed by atoms with Crippen LogP contribution in [-0.4, -0.2) is 0 Å². The average Bonchev–Trinajstić information content (AvgIpc) is 2.61. The van der Waals surface area contributed by atoms with E-state index < -0.39 is 0 Å². The molecule has 1 nitrogen and oxygen atoms in total. The fourth-order valence-electron chi connectivity index (χ4n) is 1.66. The number of furan rings is 1. The first kappa shape index (κ1) is 13.0. The van der Waals surface area contributed by atoms with Crippen LogP contribution in [-0.2, 0) is 0 Å².